The first-order chi connectivity index (χ1) is 20.9. The van der Waals surface area contributed by atoms with Crippen LogP contribution in [0.3, 0.4) is 0 Å². The van der Waals surface area contributed by atoms with Crippen molar-refractivity contribution >= 4 is 22.5 Å². The highest BCUT2D eigenvalue weighted by atomic mass is 16.5. The molecule has 222 valence electrons. The molecule has 9 heteroatoms. The van der Waals surface area contributed by atoms with E-state index in [1.807, 2.05) is 24.3 Å². The topological polar surface area (TPSA) is 108 Å². The lowest BCUT2D eigenvalue weighted by atomic mass is 10.0. The lowest BCUT2D eigenvalue weighted by molar-refractivity contribution is 0.102. The number of hydrogen-bond acceptors (Lipinski definition) is 5. The molecule has 4 heterocycles. The maximum Gasteiger partial charge on any atom is 0.258 e. The van der Waals surface area contributed by atoms with Gasteiger partial charge in [-0.1, -0.05) is 44.5 Å². The summed E-state index contributed by atoms with van der Waals surface area (Å²) < 4.78 is 7.77. The molecule has 3 N–H and O–H groups in total. The number of nitrogens with one attached hydrogen (secondary N) is 3. The van der Waals surface area contributed by atoms with Gasteiger partial charge in [0, 0.05) is 29.8 Å². The molecule has 0 atom stereocenters. The number of nitrogens with zero attached hydrogens (tertiary/aromatic N) is 3. The van der Waals surface area contributed by atoms with E-state index in [9.17, 15) is 9.59 Å². The fraction of sp³-hybridized carbons (Fsp3) is 0.324. The van der Waals surface area contributed by atoms with Gasteiger partial charge >= 0.3 is 0 Å². The number of carbonyl (C=O) groups is 1. The summed E-state index contributed by atoms with van der Waals surface area (Å²) in [5.41, 5.74) is 5.06. The molecule has 1 amide bonds. The van der Waals surface area contributed by atoms with Crippen LogP contribution in [0, 0.1) is 0 Å². The fourth-order valence-corrected chi connectivity index (χ4v) is 5.54. The molecule has 9 nitrogen and oxygen atoms in total. The van der Waals surface area contributed by atoms with Gasteiger partial charge in [-0.3, -0.25) is 19.2 Å². The van der Waals surface area contributed by atoms with E-state index in [0.29, 0.717) is 41.6 Å². The molecule has 0 saturated carbocycles. The molecule has 6 rings (SSSR count). The SMILES string of the molecule is CC(C)c1ccc(Cn2cc(C(=O)Nc3c[nH]c(=O)c(-c4cc5cc(OCCN6CCCCC6)ccc5[nH]4)c3)cn2)cc1. The highest BCUT2D eigenvalue weighted by Gasteiger charge is 2.14. The Morgan fingerprint density at radius 2 is 1.86 bits per heavy atom. The van der Waals surface area contributed by atoms with Gasteiger partial charge in [-0.15, -0.1) is 0 Å². The average Bonchev–Trinajstić information content (AvgIpc) is 3.66. The number of piperidine rings is 1. The van der Waals surface area contributed by atoms with Gasteiger partial charge in [-0.2, -0.15) is 5.10 Å². The Kier molecular flexibility index (Phi) is 8.42. The predicted molar refractivity (Wildman–Crippen MR) is 170 cm³/mol. The van der Waals surface area contributed by atoms with Crippen LogP contribution < -0.4 is 15.6 Å². The first-order valence-corrected chi connectivity index (χ1v) is 15.0. The van der Waals surface area contributed by atoms with Crippen LogP contribution in [0.25, 0.3) is 22.2 Å². The number of rotatable bonds is 10. The summed E-state index contributed by atoms with van der Waals surface area (Å²) in [7, 11) is 0. The van der Waals surface area contributed by atoms with Gasteiger partial charge in [0.1, 0.15) is 12.4 Å². The summed E-state index contributed by atoms with van der Waals surface area (Å²) in [6, 6.07) is 17.9. The Bertz CT molecular complexity index is 1760. The Hall–Kier alpha value is -4.63. The number of anilines is 1. The van der Waals surface area contributed by atoms with Gasteiger partial charge in [-0.25, -0.2) is 0 Å². The highest BCUT2D eigenvalue weighted by molar-refractivity contribution is 6.04. The Labute approximate surface area is 250 Å². The van der Waals surface area contributed by atoms with Gasteiger partial charge in [0.15, 0.2) is 0 Å². The monoisotopic (exact) mass is 578 g/mol. The third kappa shape index (κ3) is 6.89. The van der Waals surface area contributed by atoms with E-state index in [-0.39, 0.29) is 11.5 Å². The maximum atomic E-state index is 13.0. The number of fused-ring (bicyclic) bond motifs is 1. The molecular formula is C34H38N6O3. The standard InChI is InChI=1S/C34H38N6O3/c1-23(2)25-8-6-24(7-9-25)21-40-22-27(19-36-40)33(41)37-28-18-30(34(42)35-20-28)32-17-26-16-29(10-11-31(26)38-32)43-15-14-39-12-4-3-5-13-39/h6-11,16-20,22-23,38H,3-5,12-15,21H2,1-2H3,(H,35,42)(H,37,41). The molecule has 0 spiro atoms. The van der Waals surface area contributed by atoms with Crippen molar-refractivity contribution < 1.29 is 9.53 Å². The molecule has 5 aromatic rings. The van der Waals surface area contributed by atoms with Gasteiger partial charge in [0.2, 0.25) is 0 Å². The first kappa shape index (κ1) is 28.5. The van der Waals surface area contributed by atoms with Crippen LogP contribution in [-0.2, 0) is 6.54 Å². The maximum absolute atomic E-state index is 13.0. The molecule has 1 fully saturated rings. The molecule has 1 saturated heterocycles. The molecule has 0 bridgehead atoms. The summed E-state index contributed by atoms with van der Waals surface area (Å²) in [6.45, 7) is 8.78. The predicted octanol–water partition coefficient (Wildman–Crippen LogP) is 6.01. The van der Waals surface area contributed by atoms with E-state index in [1.54, 1.807) is 23.1 Å². The normalized spacial score (nSPS) is 13.9. The van der Waals surface area contributed by atoms with Crippen LogP contribution in [0.15, 0.2) is 78.0 Å². The second-order valence-corrected chi connectivity index (χ2v) is 11.6. The third-order valence-corrected chi connectivity index (χ3v) is 8.05. The van der Waals surface area contributed by atoms with Gasteiger partial charge in [0.05, 0.1) is 35.2 Å². The van der Waals surface area contributed by atoms with E-state index in [0.717, 1.165) is 41.9 Å². The lowest BCUT2D eigenvalue weighted by Gasteiger charge is -2.26. The molecular weight excluding hydrogens is 540 g/mol. The Morgan fingerprint density at radius 1 is 1.05 bits per heavy atom. The molecule has 1 aliphatic heterocycles. The van der Waals surface area contributed by atoms with Crippen LogP contribution in [-0.4, -0.2) is 56.8 Å². The highest BCUT2D eigenvalue weighted by Crippen LogP contribution is 2.27. The van der Waals surface area contributed by atoms with Crippen molar-refractivity contribution in [3.05, 3.63) is 100 Å². The number of amides is 1. The van der Waals surface area contributed by atoms with Gasteiger partial charge in [0.25, 0.3) is 11.5 Å². The van der Waals surface area contributed by atoms with Gasteiger partial charge < -0.3 is 20.0 Å². The van der Waals surface area contributed by atoms with Crippen molar-refractivity contribution in [3.8, 4) is 17.0 Å². The van der Waals surface area contributed by atoms with Crippen molar-refractivity contribution in [3.63, 3.8) is 0 Å². The first-order valence-electron chi connectivity index (χ1n) is 15.0. The zero-order valence-corrected chi connectivity index (χ0v) is 24.7. The van der Waals surface area contributed by atoms with Crippen LogP contribution in [0.5, 0.6) is 5.75 Å². The molecule has 0 aliphatic carbocycles. The Morgan fingerprint density at radius 3 is 2.65 bits per heavy atom. The van der Waals surface area contributed by atoms with Gasteiger partial charge in [-0.05, 0) is 73.3 Å². The van der Waals surface area contributed by atoms with Crippen LogP contribution in [0.1, 0.15) is 60.5 Å². The van der Waals surface area contributed by atoms with Crippen molar-refractivity contribution in [1.29, 1.82) is 0 Å². The summed E-state index contributed by atoms with van der Waals surface area (Å²) in [5, 5.41) is 8.20. The van der Waals surface area contributed by atoms with Crippen molar-refractivity contribution in [2.75, 3.05) is 31.6 Å². The largest absolute Gasteiger partial charge is 0.492 e. The molecule has 0 unspecified atom stereocenters. The number of pyridine rings is 1. The second kappa shape index (κ2) is 12.7. The number of benzene rings is 2. The summed E-state index contributed by atoms with van der Waals surface area (Å²) in [6.07, 6.45) is 8.63. The number of aromatic amines is 2. The number of aromatic nitrogens is 4. The van der Waals surface area contributed by atoms with E-state index in [4.69, 9.17) is 4.74 Å². The Balaban J connectivity index is 1.11. The van der Waals surface area contributed by atoms with Crippen molar-refractivity contribution in [1.82, 2.24) is 24.6 Å². The average molecular weight is 579 g/mol. The number of hydrogen-bond donors (Lipinski definition) is 3. The third-order valence-electron chi connectivity index (χ3n) is 8.05. The van der Waals surface area contributed by atoms with E-state index < -0.39 is 0 Å². The number of H-pyrrole nitrogens is 2. The molecule has 1 aliphatic rings. The quantitative estimate of drug-likeness (QED) is 0.188. The molecule has 3 aromatic heterocycles. The summed E-state index contributed by atoms with van der Waals surface area (Å²) >= 11 is 0. The minimum Gasteiger partial charge on any atom is -0.492 e. The molecule has 43 heavy (non-hydrogen) atoms. The zero-order chi connectivity index (χ0) is 29.8. The number of carbonyl (C=O) groups excluding carboxylic acids is 1. The van der Waals surface area contributed by atoms with Crippen LogP contribution >= 0.6 is 0 Å². The minimum atomic E-state index is -0.303. The minimum absolute atomic E-state index is 0.251. The van der Waals surface area contributed by atoms with Crippen molar-refractivity contribution in [2.24, 2.45) is 0 Å². The summed E-state index contributed by atoms with van der Waals surface area (Å²) in [5.74, 6) is 0.977. The van der Waals surface area contributed by atoms with Crippen LogP contribution in [0.4, 0.5) is 5.69 Å². The van der Waals surface area contributed by atoms with Crippen molar-refractivity contribution in [2.45, 2.75) is 45.6 Å². The molecule has 2 aromatic carbocycles. The summed E-state index contributed by atoms with van der Waals surface area (Å²) in [4.78, 5) is 34.3. The smallest absolute Gasteiger partial charge is 0.258 e. The van der Waals surface area contributed by atoms with E-state index in [2.05, 4.69) is 63.4 Å². The number of ether oxygens (including phenoxy) is 1. The van der Waals surface area contributed by atoms with Crippen LogP contribution in [0.2, 0.25) is 0 Å². The molecule has 0 radical (unpaired) electrons. The number of likely N-dealkylation sites (tertiary alicyclic amines) is 1. The van der Waals surface area contributed by atoms with E-state index in [1.165, 1.54) is 31.0 Å². The zero-order valence-electron chi connectivity index (χ0n) is 24.7. The van der Waals surface area contributed by atoms with E-state index >= 15 is 0 Å². The second-order valence-electron chi connectivity index (χ2n) is 11.6. The lowest BCUT2D eigenvalue weighted by Crippen LogP contribution is -2.33. The fourth-order valence-electron chi connectivity index (χ4n) is 5.54.